The van der Waals surface area contributed by atoms with Crippen molar-refractivity contribution in [2.24, 2.45) is 0 Å². The van der Waals surface area contributed by atoms with Crippen LogP contribution in [0.4, 0.5) is 5.82 Å². The molecular formula is C11H19N3. The van der Waals surface area contributed by atoms with Crippen LogP contribution in [0, 0.1) is 0 Å². The Hall–Kier alpha value is -1.12. The van der Waals surface area contributed by atoms with Gasteiger partial charge in [-0.25, -0.2) is 0 Å². The molecule has 1 rings (SSSR count). The number of nitrogens with one attached hydrogen (secondary N) is 1. The third-order valence-corrected chi connectivity index (χ3v) is 2.36. The summed E-state index contributed by atoms with van der Waals surface area (Å²) in [6.45, 7) is 7.42. The Balaban J connectivity index is 2.59. The summed E-state index contributed by atoms with van der Waals surface area (Å²) in [7, 11) is 0. The number of hydrogen-bond donors (Lipinski definition) is 1. The quantitative estimate of drug-likeness (QED) is 0.781. The van der Waals surface area contributed by atoms with Gasteiger partial charge < -0.3 is 5.32 Å². The topological polar surface area (TPSA) is 37.8 Å². The van der Waals surface area contributed by atoms with Crippen molar-refractivity contribution in [3.63, 3.8) is 0 Å². The standard InChI is InChI=1S/C11H19N3/c1-4-8-12-11-7-6-10(13-14-11)9(3)5-2/h6-7,9H,4-5,8H2,1-3H3,(H,12,14). The molecule has 1 heterocycles. The Morgan fingerprint density at radius 1 is 1.29 bits per heavy atom. The molecule has 3 heteroatoms. The predicted molar refractivity (Wildman–Crippen MR) is 59.5 cm³/mol. The van der Waals surface area contributed by atoms with Gasteiger partial charge in [0, 0.05) is 6.54 Å². The van der Waals surface area contributed by atoms with Crippen molar-refractivity contribution in [1.29, 1.82) is 0 Å². The monoisotopic (exact) mass is 193 g/mol. The molecule has 0 fully saturated rings. The molecule has 0 amide bonds. The zero-order valence-corrected chi connectivity index (χ0v) is 9.25. The van der Waals surface area contributed by atoms with Gasteiger partial charge in [-0.2, -0.15) is 5.10 Å². The number of hydrogen-bond acceptors (Lipinski definition) is 3. The van der Waals surface area contributed by atoms with Gasteiger partial charge in [0.1, 0.15) is 5.82 Å². The maximum absolute atomic E-state index is 4.19. The van der Waals surface area contributed by atoms with Crippen molar-refractivity contribution >= 4 is 5.82 Å². The number of anilines is 1. The van der Waals surface area contributed by atoms with E-state index >= 15 is 0 Å². The van der Waals surface area contributed by atoms with E-state index in [0.29, 0.717) is 5.92 Å². The van der Waals surface area contributed by atoms with E-state index in [9.17, 15) is 0 Å². The molecule has 0 aliphatic carbocycles. The highest BCUT2D eigenvalue weighted by Crippen LogP contribution is 2.15. The van der Waals surface area contributed by atoms with Crippen molar-refractivity contribution in [2.45, 2.75) is 39.5 Å². The molecule has 1 unspecified atom stereocenters. The van der Waals surface area contributed by atoms with Crippen LogP contribution in [0.3, 0.4) is 0 Å². The van der Waals surface area contributed by atoms with Crippen LogP contribution in [0.25, 0.3) is 0 Å². The minimum absolute atomic E-state index is 0.503. The van der Waals surface area contributed by atoms with E-state index in [1.165, 1.54) is 0 Å². The van der Waals surface area contributed by atoms with E-state index in [1.807, 2.05) is 6.07 Å². The molecule has 0 radical (unpaired) electrons. The molecular weight excluding hydrogens is 174 g/mol. The second kappa shape index (κ2) is 5.58. The van der Waals surface area contributed by atoms with Crippen LogP contribution in [0.2, 0.25) is 0 Å². The van der Waals surface area contributed by atoms with E-state index in [2.05, 4.69) is 42.4 Å². The van der Waals surface area contributed by atoms with Crippen molar-refractivity contribution < 1.29 is 0 Å². The lowest BCUT2D eigenvalue weighted by molar-refractivity contribution is 0.691. The first kappa shape index (κ1) is 11.0. The third-order valence-electron chi connectivity index (χ3n) is 2.36. The number of aromatic nitrogens is 2. The van der Waals surface area contributed by atoms with Gasteiger partial charge in [-0.1, -0.05) is 20.8 Å². The molecule has 1 aromatic rings. The fraction of sp³-hybridized carbons (Fsp3) is 0.636. The summed E-state index contributed by atoms with van der Waals surface area (Å²) in [5.74, 6) is 1.38. The Labute approximate surface area is 85.9 Å². The molecule has 0 bridgehead atoms. The summed E-state index contributed by atoms with van der Waals surface area (Å²) < 4.78 is 0. The van der Waals surface area contributed by atoms with Crippen LogP contribution in [0.15, 0.2) is 12.1 Å². The first-order valence-corrected chi connectivity index (χ1v) is 5.35. The fourth-order valence-electron chi connectivity index (χ4n) is 1.16. The van der Waals surface area contributed by atoms with Crippen LogP contribution in [0.5, 0.6) is 0 Å². The fourth-order valence-corrected chi connectivity index (χ4v) is 1.16. The highest BCUT2D eigenvalue weighted by molar-refractivity contribution is 5.33. The first-order valence-electron chi connectivity index (χ1n) is 5.35. The summed E-state index contributed by atoms with van der Waals surface area (Å²) >= 11 is 0. The maximum atomic E-state index is 4.19. The molecule has 1 atom stereocenters. The van der Waals surface area contributed by atoms with E-state index in [4.69, 9.17) is 0 Å². The van der Waals surface area contributed by atoms with Gasteiger partial charge in [0.2, 0.25) is 0 Å². The van der Waals surface area contributed by atoms with Gasteiger partial charge >= 0.3 is 0 Å². The maximum Gasteiger partial charge on any atom is 0.148 e. The Bertz CT molecular complexity index is 256. The molecule has 0 saturated carbocycles. The number of nitrogens with zero attached hydrogens (tertiary/aromatic N) is 2. The van der Waals surface area contributed by atoms with Gasteiger partial charge in [0.05, 0.1) is 5.69 Å². The van der Waals surface area contributed by atoms with E-state index in [1.54, 1.807) is 0 Å². The van der Waals surface area contributed by atoms with Crippen molar-refractivity contribution in [2.75, 3.05) is 11.9 Å². The Kier molecular flexibility index (Phi) is 4.36. The lowest BCUT2D eigenvalue weighted by Gasteiger charge is -2.07. The molecule has 78 valence electrons. The molecule has 0 aliphatic heterocycles. The van der Waals surface area contributed by atoms with Gasteiger partial charge in [-0.15, -0.1) is 5.10 Å². The molecule has 14 heavy (non-hydrogen) atoms. The smallest absolute Gasteiger partial charge is 0.148 e. The molecule has 0 spiro atoms. The molecule has 1 aromatic heterocycles. The highest BCUT2D eigenvalue weighted by Gasteiger charge is 2.04. The SMILES string of the molecule is CCCNc1ccc(C(C)CC)nn1. The molecule has 0 saturated heterocycles. The van der Waals surface area contributed by atoms with Gasteiger partial charge in [-0.3, -0.25) is 0 Å². The Morgan fingerprint density at radius 3 is 2.57 bits per heavy atom. The van der Waals surface area contributed by atoms with Crippen LogP contribution < -0.4 is 5.32 Å². The first-order chi connectivity index (χ1) is 6.77. The van der Waals surface area contributed by atoms with Crippen molar-refractivity contribution in [3.8, 4) is 0 Å². The summed E-state index contributed by atoms with van der Waals surface area (Å²) in [4.78, 5) is 0. The second-order valence-electron chi connectivity index (χ2n) is 3.58. The zero-order chi connectivity index (χ0) is 10.4. The van der Waals surface area contributed by atoms with Gasteiger partial charge in [0.15, 0.2) is 0 Å². The third kappa shape index (κ3) is 2.98. The Morgan fingerprint density at radius 2 is 2.07 bits per heavy atom. The minimum atomic E-state index is 0.503. The van der Waals surface area contributed by atoms with Crippen LogP contribution in [-0.2, 0) is 0 Å². The lowest BCUT2D eigenvalue weighted by Crippen LogP contribution is -2.04. The van der Waals surface area contributed by atoms with Crippen molar-refractivity contribution in [1.82, 2.24) is 10.2 Å². The van der Waals surface area contributed by atoms with Crippen molar-refractivity contribution in [3.05, 3.63) is 17.8 Å². The predicted octanol–water partition coefficient (Wildman–Crippen LogP) is 2.81. The van der Waals surface area contributed by atoms with Crippen LogP contribution >= 0.6 is 0 Å². The van der Waals surface area contributed by atoms with Gasteiger partial charge in [0.25, 0.3) is 0 Å². The molecule has 1 N–H and O–H groups in total. The van der Waals surface area contributed by atoms with Crippen LogP contribution in [0.1, 0.15) is 45.2 Å². The van der Waals surface area contributed by atoms with E-state index < -0.39 is 0 Å². The minimum Gasteiger partial charge on any atom is -0.369 e. The zero-order valence-electron chi connectivity index (χ0n) is 9.25. The van der Waals surface area contributed by atoms with E-state index in [0.717, 1.165) is 30.9 Å². The summed E-state index contributed by atoms with van der Waals surface area (Å²) in [5.41, 5.74) is 1.08. The molecule has 3 nitrogen and oxygen atoms in total. The van der Waals surface area contributed by atoms with Crippen LogP contribution in [-0.4, -0.2) is 16.7 Å². The van der Waals surface area contributed by atoms with E-state index in [-0.39, 0.29) is 0 Å². The molecule has 0 aromatic carbocycles. The summed E-state index contributed by atoms with van der Waals surface area (Å²) in [6, 6.07) is 4.06. The van der Waals surface area contributed by atoms with Gasteiger partial charge in [-0.05, 0) is 30.9 Å². The lowest BCUT2D eigenvalue weighted by atomic mass is 10.1. The molecule has 0 aliphatic rings. The summed E-state index contributed by atoms with van der Waals surface area (Å²) in [6.07, 6.45) is 2.21. The highest BCUT2D eigenvalue weighted by atomic mass is 15.2. The normalized spacial score (nSPS) is 12.5. The number of rotatable bonds is 5. The second-order valence-corrected chi connectivity index (χ2v) is 3.58. The average molecular weight is 193 g/mol. The largest absolute Gasteiger partial charge is 0.369 e. The average Bonchev–Trinajstić information content (AvgIpc) is 2.26. The summed E-state index contributed by atoms with van der Waals surface area (Å²) in [5, 5.41) is 11.5.